The van der Waals surface area contributed by atoms with E-state index in [0.29, 0.717) is 22.1 Å². The van der Waals surface area contributed by atoms with Crippen LogP contribution in [0.15, 0.2) is 20.5 Å². The molecule has 1 amide bonds. The van der Waals surface area contributed by atoms with E-state index in [1.165, 1.54) is 18.1 Å². The van der Waals surface area contributed by atoms with Crippen molar-refractivity contribution in [2.24, 2.45) is 15.9 Å². The Morgan fingerprint density at radius 3 is 3.00 bits per heavy atom. The fourth-order valence-corrected chi connectivity index (χ4v) is 2.69. The number of thioether (sulfide) groups is 1. The van der Waals surface area contributed by atoms with Crippen LogP contribution < -0.4 is 0 Å². The van der Waals surface area contributed by atoms with Crippen LogP contribution in [0.25, 0.3) is 0 Å². The summed E-state index contributed by atoms with van der Waals surface area (Å²) in [7, 11) is 0. The SMILES string of the molecule is CCOC(=O)C1=C(C)C2C(=O)N=CN=C2S1. The summed E-state index contributed by atoms with van der Waals surface area (Å²) in [4.78, 5) is 31.2. The summed E-state index contributed by atoms with van der Waals surface area (Å²) in [5, 5.41) is 0.612. The summed E-state index contributed by atoms with van der Waals surface area (Å²) in [5.41, 5.74) is 0.684. The lowest BCUT2D eigenvalue weighted by Crippen LogP contribution is -2.21. The maximum absolute atomic E-state index is 11.6. The van der Waals surface area contributed by atoms with Gasteiger partial charge in [-0.3, -0.25) is 4.79 Å². The van der Waals surface area contributed by atoms with E-state index in [2.05, 4.69) is 9.98 Å². The monoisotopic (exact) mass is 238 g/mol. The predicted molar refractivity (Wildman–Crippen MR) is 61.3 cm³/mol. The number of nitrogens with zero attached hydrogens (tertiary/aromatic N) is 2. The lowest BCUT2D eigenvalue weighted by Gasteiger charge is -2.09. The number of fused-ring (bicyclic) bond motifs is 1. The van der Waals surface area contributed by atoms with Crippen molar-refractivity contribution in [3.63, 3.8) is 0 Å². The molecule has 5 nitrogen and oxygen atoms in total. The molecule has 0 aliphatic carbocycles. The van der Waals surface area contributed by atoms with E-state index in [9.17, 15) is 9.59 Å². The van der Waals surface area contributed by atoms with Gasteiger partial charge in [-0.15, -0.1) is 0 Å². The molecule has 0 N–H and O–H groups in total. The molecule has 0 saturated carbocycles. The second-order valence-corrected chi connectivity index (χ2v) is 4.35. The van der Waals surface area contributed by atoms with Crippen LogP contribution in [0.2, 0.25) is 0 Å². The van der Waals surface area contributed by atoms with Gasteiger partial charge in [-0.1, -0.05) is 11.8 Å². The molecule has 2 aliphatic heterocycles. The summed E-state index contributed by atoms with van der Waals surface area (Å²) < 4.78 is 4.91. The van der Waals surface area contributed by atoms with Crippen LogP contribution in [-0.2, 0) is 14.3 Å². The van der Waals surface area contributed by atoms with Gasteiger partial charge in [0.25, 0.3) is 5.91 Å². The largest absolute Gasteiger partial charge is 0.462 e. The van der Waals surface area contributed by atoms with Crippen molar-refractivity contribution in [1.29, 1.82) is 0 Å². The molecule has 0 fully saturated rings. The topological polar surface area (TPSA) is 68.1 Å². The number of hydrogen-bond acceptors (Lipinski definition) is 5. The van der Waals surface area contributed by atoms with Gasteiger partial charge in [0, 0.05) is 0 Å². The average molecular weight is 238 g/mol. The van der Waals surface area contributed by atoms with Crippen LogP contribution in [0.1, 0.15) is 13.8 Å². The summed E-state index contributed by atoms with van der Waals surface area (Å²) in [6, 6.07) is 0. The Bertz CT molecular complexity index is 451. The zero-order valence-electron chi connectivity index (χ0n) is 8.89. The Morgan fingerprint density at radius 1 is 1.62 bits per heavy atom. The van der Waals surface area contributed by atoms with Crippen molar-refractivity contribution in [2.45, 2.75) is 13.8 Å². The smallest absolute Gasteiger partial charge is 0.344 e. The molecule has 0 aromatic heterocycles. The third kappa shape index (κ3) is 1.69. The second kappa shape index (κ2) is 4.21. The maximum Gasteiger partial charge on any atom is 0.344 e. The first kappa shape index (κ1) is 11.1. The number of ether oxygens (including phenoxy) is 1. The number of carbonyl (C=O) groups is 2. The van der Waals surface area contributed by atoms with E-state index >= 15 is 0 Å². The summed E-state index contributed by atoms with van der Waals surface area (Å²) in [6.07, 6.45) is 1.22. The van der Waals surface area contributed by atoms with Crippen LogP contribution in [0.3, 0.4) is 0 Å². The predicted octanol–water partition coefficient (Wildman–Crippen LogP) is 1.15. The Kier molecular flexibility index (Phi) is 2.91. The summed E-state index contributed by atoms with van der Waals surface area (Å²) in [5.74, 6) is -1.14. The highest BCUT2D eigenvalue weighted by Gasteiger charge is 2.39. The highest BCUT2D eigenvalue weighted by atomic mass is 32.2. The Hall–Kier alpha value is -1.43. The minimum absolute atomic E-state index is 0.269. The third-order valence-electron chi connectivity index (χ3n) is 2.32. The van der Waals surface area contributed by atoms with Crippen molar-refractivity contribution < 1.29 is 14.3 Å². The van der Waals surface area contributed by atoms with Gasteiger partial charge in [0.2, 0.25) is 0 Å². The van der Waals surface area contributed by atoms with Gasteiger partial charge in [0.1, 0.15) is 12.3 Å². The first-order valence-electron chi connectivity index (χ1n) is 4.85. The van der Waals surface area contributed by atoms with Crippen LogP contribution in [0, 0.1) is 5.92 Å². The van der Waals surface area contributed by atoms with Gasteiger partial charge in [-0.05, 0) is 19.4 Å². The highest BCUT2D eigenvalue weighted by Crippen LogP contribution is 2.40. The van der Waals surface area contributed by atoms with E-state index in [-0.39, 0.29) is 5.91 Å². The maximum atomic E-state index is 11.6. The second-order valence-electron chi connectivity index (χ2n) is 3.32. The molecular formula is C10H10N2O3S. The van der Waals surface area contributed by atoms with Crippen molar-refractivity contribution in [2.75, 3.05) is 6.61 Å². The molecule has 0 saturated heterocycles. The number of hydrogen-bond donors (Lipinski definition) is 0. The fourth-order valence-electron chi connectivity index (χ4n) is 1.57. The lowest BCUT2D eigenvalue weighted by molar-refractivity contribution is -0.137. The minimum Gasteiger partial charge on any atom is -0.462 e. The first-order chi connectivity index (χ1) is 7.65. The Morgan fingerprint density at radius 2 is 2.38 bits per heavy atom. The van der Waals surface area contributed by atoms with Crippen LogP contribution in [0.4, 0.5) is 0 Å². The zero-order valence-corrected chi connectivity index (χ0v) is 9.71. The zero-order chi connectivity index (χ0) is 11.7. The number of aliphatic imine (C=N–C) groups is 2. The van der Waals surface area contributed by atoms with Gasteiger partial charge in [-0.25, -0.2) is 14.8 Å². The molecule has 1 atom stereocenters. The Labute approximate surface area is 96.7 Å². The number of amides is 1. The summed E-state index contributed by atoms with van der Waals surface area (Å²) >= 11 is 1.20. The highest BCUT2D eigenvalue weighted by molar-refractivity contribution is 8.18. The lowest BCUT2D eigenvalue weighted by atomic mass is 10.0. The van der Waals surface area contributed by atoms with E-state index in [0.717, 1.165) is 0 Å². The number of rotatable bonds is 2. The normalized spacial score (nSPS) is 23.2. The average Bonchev–Trinajstić information content (AvgIpc) is 2.58. The Balaban J connectivity index is 2.30. The van der Waals surface area contributed by atoms with Gasteiger partial charge < -0.3 is 4.74 Å². The molecule has 1 unspecified atom stereocenters. The van der Waals surface area contributed by atoms with E-state index < -0.39 is 11.9 Å². The number of esters is 1. The molecule has 2 rings (SSSR count). The van der Waals surface area contributed by atoms with Crippen LogP contribution >= 0.6 is 11.8 Å². The molecule has 16 heavy (non-hydrogen) atoms. The molecule has 84 valence electrons. The molecule has 6 heteroatoms. The molecular weight excluding hydrogens is 228 g/mol. The molecule has 0 aromatic carbocycles. The minimum atomic E-state index is -0.477. The molecule has 2 heterocycles. The summed E-state index contributed by atoms with van der Waals surface area (Å²) in [6.45, 7) is 3.80. The molecule has 0 bridgehead atoms. The van der Waals surface area contributed by atoms with Crippen LogP contribution in [-0.4, -0.2) is 29.9 Å². The van der Waals surface area contributed by atoms with Gasteiger partial charge in [0.15, 0.2) is 0 Å². The number of carbonyl (C=O) groups excluding carboxylic acids is 2. The van der Waals surface area contributed by atoms with Gasteiger partial charge >= 0.3 is 5.97 Å². The van der Waals surface area contributed by atoms with Gasteiger partial charge in [0.05, 0.1) is 16.6 Å². The van der Waals surface area contributed by atoms with Crippen molar-refractivity contribution in [1.82, 2.24) is 0 Å². The van der Waals surface area contributed by atoms with Crippen molar-refractivity contribution in [3.8, 4) is 0 Å². The fraction of sp³-hybridized carbons (Fsp3) is 0.400. The van der Waals surface area contributed by atoms with Crippen LogP contribution in [0.5, 0.6) is 0 Å². The molecule has 0 aromatic rings. The first-order valence-corrected chi connectivity index (χ1v) is 5.66. The quantitative estimate of drug-likeness (QED) is 0.677. The van der Waals surface area contributed by atoms with Gasteiger partial charge in [-0.2, -0.15) is 0 Å². The molecule has 2 aliphatic rings. The van der Waals surface area contributed by atoms with E-state index in [1.54, 1.807) is 13.8 Å². The van der Waals surface area contributed by atoms with Crippen molar-refractivity contribution in [3.05, 3.63) is 10.5 Å². The third-order valence-corrected chi connectivity index (χ3v) is 3.57. The van der Waals surface area contributed by atoms with E-state index in [4.69, 9.17) is 4.74 Å². The molecule has 0 spiro atoms. The van der Waals surface area contributed by atoms with E-state index in [1.807, 2.05) is 0 Å². The molecule has 0 radical (unpaired) electrons. The van der Waals surface area contributed by atoms with Crippen molar-refractivity contribution >= 4 is 35.0 Å². The standard InChI is InChI=1S/C10H10N2O3S/c1-3-15-10(14)7-5(2)6-8(13)11-4-12-9(6)16-7/h4,6H,3H2,1-2H3.